The zero-order valence-corrected chi connectivity index (χ0v) is 10.3. The summed E-state index contributed by atoms with van der Waals surface area (Å²) in [6.45, 7) is 1.86. The molecular formula is C13H17NO3. The molecule has 0 saturated heterocycles. The van der Waals surface area contributed by atoms with Crippen LogP contribution in [0, 0.1) is 0 Å². The van der Waals surface area contributed by atoms with Gasteiger partial charge in [-0.05, 0) is 19.1 Å². The van der Waals surface area contributed by atoms with Crippen molar-refractivity contribution in [3.63, 3.8) is 0 Å². The van der Waals surface area contributed by atoms with Gasteiger partial charge in [-0.1, -0.05) is 12.1 Å². The maximum Gasteiger partial charge on any atom is 0.150 e. The molecule has 2 N–H and O–H groups in total. The molecule has 1 atom stereocenters. The van der Waals surface area contributed by atoms with Crippen LogP contribution in [0.4, 0.5) is 0 Å². The minimum absolute atomic E-state index is 0.123. The van der Waals surface area contributed by atoms with Crippen LogP contribution in [-0.2, 0) is 4.74 Å². The summed E-state index contributed by atoms with van der Waals surface area (Å²) >= 11 is 0. The van der Waals surface area contributed by atoms with E-state index in [9.17, 15) is 4.79 Å². The molecular weight excluding hydrogens is 218 g/mol. The lowest BCUT2D eigenvalue weighted by molar-refractivity contribution is 0.112. The van der Waals surface area contributed by atoms with Gasteiger partial charge in [0.15, 0.2) is 0 Å². The maximum atomic E-state index is 10.5. The quantitative estimate of drug-likeness (QED) is 0.812. The van der Waals surface area contributed by atoms with Gasteiger partial charge in [0, 0.05) is 25.2 Å². The van der Waals surface area contributed by atoms with Gasteiger partial charge in [0.1, 0.15) is 17.6 Å². The molecule has 0 aliphatic carbocycles. The number of rotatable bonds is 2. The Hall–Kier alpha value is -1.65. The second-order valence-corrected chi connectivity index (χ2v) is 3.76. The molecule has 0 spiro atoms. The Bertz CT molecular complexity index is 488. The van der Waals surface area contributed by atoms with Crippen molar-refractivity contribution in [2.24, 2.45) is 5.73 Å². The SMILES string of the molecule is CC(N)c1cc2ccc(C=O)cc2o1.COC. The highest BCUT2D eigenvalue weighted by Gasteiger charge is 2.07. The van der Waals surface area contributed by atoms with Gasteiger partial charge < -0.3 is 14.9 Å². The molecule has 1 unspecified atom stereocenters. The van der Waals surface area contributed by atoms with E-state index >= 15 is 0 Å². The van der Waals surface area contributed by atoms with Crippen molar-refractivity contribution < 1.29 is 13.9 Å². The smallest absolute Gasteiger partial charge is 0.150 e. The van der Waals surface area contributed by atoms with Crippen molar-refractivity contribution in [3.8, 4) is 0 Å². The van der Waals surface area contributed by atoms with E-state index in [1.807, 2.05) is 19.1 Å². The average Bonchev–Trinajstić information content (AvgIpc) is 2.72. The first-order valence-electron chi connectivity index (χ1n) is 5.26. The summed E-state index contributed by atoms with van der Waals surface area (Å²) in [6, 6.07) is 7.11. The van der Waals surface area contributed by atoms with Gasteiger partial charge in [0.2, 0.25) is 0 Å². The van der Waals surface area contributed by atoms with E-state index < -0.39 is 0 Å². The Labute approximate surface area is 100 Å². The van der Waals surface area contributed by atoms with Gasteiger partial charge in [-0.3, -0.25) is 4.79 Å². The summed E-state index contributed by atoms with van der Waals surface area (Å²) in [7, 11) is 3.25. The molecule has 1 aromatic heterocycles. The first-order chi connectivity index (χ1) is 8.12. The molecule has 1 aromatic carbocycles. The third-order valence-corrected chi connectivity index (χ3v) is 2.15. The van der Waals surface area contributed by atoms with Crippen LogP contribution in [0.2, 0.25) is 0 Å². The van der Waals surface area contributed by atoms with Gasteiger partial charge in [-0.2, -0.15) is 0 Å². The van der Waals surface area contributed by atoms with Gasteiger partial charge >= 0.3 is 0 Å². The number of aldehydes is 1. The summed E-state index contributed by atoms with van der Waals surface area (Å²) in [5.74, 6) is 0.739. The maximum absolute atomic E-state index is 10.5. The molecule has 0 aliphatic rings. The van der Waals surface area contributed by atoms with E-state index in [2.05, 4.69) is 4.74 Å². The van der Waals surface area contributed by atoms with Gasteiger partial charge in [0.25, 0.3) is 0 Å². The van der Waals surface area contributed by atoms with E-state index in [0.717, 1.165) is 17.4 Å². The van der Waals surface area contributed by atoms with Crippen molar-refractivity contribution in [2.75, 3.05) is 14.2 Å². The fourth-order valence-corrected chi connectivity index (χ4v) is 1.37. The van der Waals surface area contributed by atoms with Crippen LogP contribution in [0.25, 0.3) is 11.0 Å². The highest BCUT2D eigenvalue weighted by Crippen LogP contribution is 2.23. The number of hydrogen-bond acceptors (Lipinski definition) is 4. The van der Waals surface area contributed by atoms with Crippen LogP contribution >= 0.6 is 0 Å². The van der Waals surface area contributed by atoms with Crippen LogP contribution in [0.5, 0.6) is 0 Å². The van der Waals surface area contributed by atoms with E-state index in [0.29, 0.717) is 11.1 Å². The van der Waals surface area contributed by atoms with Crippen LogP contribution in [-0.4, -0.2) is 20.5 Å². The third kappa shape index (κ3) is 3.41. The molecule has 0 saturated carbocycles. The van der Waals surface area contributed by atoms with E-state index in [4.69, 9.17) is 10.2 Å². The Balaban J connectivity index is 0.000000437. The van der Waals surface area contributed by atoms with Crippen molar-refractivity contribution in [1.82, 2.24) is 0 Å². The molecule has 92 valence electrons. The van der Waals surface area contributed by atoms with Crippen molar-refractivity contribution >= 4 is 17.3 Å². The zero-order chi connectivity index (χ0) is 12.8. The fourth-order valence-electron chi connectivity index (χ4n) is 1.37. The second kappa shape index (κ2) is 6.18. The van der Waals surface area contributed by atoms with Crippen LogP contribution in [0.3, 0.4) is 0 Å². The number of nitrogens with two attached hydrogens (primary N) is 1. The van der Waals surface area contributed by atoms with E-state index in [-0.39, 0.29) is 6.04 Å². The number of carbonyl (C=O) groups excluding carboxylic acids is 1. The number of carbonyl (C=O) groups is 1. The summed E-state index contributed by atoms with van der Waals surface area (Å²) in [5.41, 5.74) is 7.01. The van der Waals surface area contributed by atoms with Crippen molar-refractivity contribution in [2.45, 2.75) is 13.0 Å². The number of benzene rings is 1. The number of hydrogen-bond donors (Lipinski definition) is 1. The molecule has 0 radical (unpaired) electrons. The lowest BCUT2D eigenvalue weighted by Crippen LogP contribution is -2.02. The molecule has 1 heterocycles. The average molecular weight is 235 g/mol. The molecule has 4 heteroatoms. The lowest BCUT2D eigenvalue weighted by Gasteiger charge is -1.96. The predicted molar refractivity (Wildman–Crippen MR) is 67.1 cm³/mol. The van der Waals surface area contributed by atoms with Crippen molar-refractivity contribution in [3.05, 3.63) is 35.6 Å². The zero-order valence-electron chi connectivity index (χ0n) is 10.3. The van der Waals surface area contributed by atoms with Crippen LogP contribution in [0.15, 0.2) is 28.7 Å². The minimum Gasteiger partial charge on any atom is -0.459 e. The summed E-state index contributed by atoms with van der Waals surface area (Å²) < 4.78 is 9.74. The van der Waals surface area contributed by atoms with Crippen LogP contribution < -0.4 is 5.73 Å². The molecule has 2 aromatic rings. The first kappa shape index (κ1) is 13.4. The molecule has 2 rings (SSSR count). The Morgan fingerprint density at radius 2 is 2.00 bits per heavy atom. The molecule has 0 amide bonds. The Morgan fingerprint density at radius 1 is 1.35 bits per heavy atom. The summed E-state index contributed by atoms with van der Waals surface area (Å²) in [6.07, 6.45) is 0.799. The number of furan rings is 1. The Morgan fingerprint density at radius 3 is 2.53 bits per heavy atom. The van der Waals surface area contributed by atoms with E-state index in [1.54, 1.807) is 26.4 Å². The largest absolute Gasteiger partial charge is 0.459 e. The Kier molecular flexibility index (Phi) is 4.87. The third-order valence-electron chi connectivity index (χ3n) is 2.15. The fraction of sp³-hybridized carbons (Fsp3) is 0.308. The monoisotopic (exact) mass is 235 g/mol. The van der Waals surface area contributed by atoms with E-state index in [1.165, 1.54) is 0 Å². The highest BCUT2D eigenvalue weighted by molar-refractivity contribution is 5.86. The predicted octanol–water partition coefficient (Wildman–Crippen LogP) is 2.53. The summed E-state index contributed by atoms with van der Waals surface area (Å²) in [5, 5.41) is 0.975. The first-order valence-corrected chi connectivity index (χ1v) is 5.26. The number of ether oxygens (including phenoxy) is 1. The summed E-state index contributed by atoms with van der Waals surface area (Å²) in [4.78, 5) is 10.5. The number of methoxy groups -OCH3 is 1. The minimum atomic E-state index is -0.123. The topological polar surface area (TPSA) is 65.5 Å². The number of fused-ring (bicyclic) bond motifs is 1. The highest BCUT2D eigenvalue weighted by atomic mass is 16.4. The van der Waals surface area contributed by atoms with Crippen molar-refractivity contribution in [1.29, 1.82) is 0 Å². The van der Waals surface area contributed by atoms with Crippen LogP contribution in [0.1, 0.15) is 29.1 Å². The van der Waals surface area contributed by atoms with Gasteiger partial charge in [-0.15, -0.1) is 0 Å². The molecule has 0 fully saturated rings. The van der Waals surface area contributed by atoms with Gasteiger partial charge in [0.05, 0.1) is 6.04 Å². The lowest BCUT2D eigenvalue weighted by atomic mass is 10.2. The van der Waals surface area contributed by atoms with Gasteiger partial charge in [-0.25, -0.2) is 0 Å². The molecule has 17 heavy (non-hydrogen) atoms. The second-order valence-electron chi connectivity index (χ2n) is 3.76. The molecule has 4 nitrogen and oxygen atoms in total. The molecule has 0 bridgehead atoms. The molecule has 0 aliphatic heterocycles. The standard InChI is InChI=1S/C11H11NO2.C2H6O/c1-7(12)10-5-9-3-2-8(6-13)4-11(9)14-10;1-3-2/h2-7H,12H2,1H3;1-2H3. The normalized spacial score (nSPS) is 11.8.